The Bertz CT molecular complexity index is 451. The lowest BCUT2D eigenvalue weighted by molar-refractivity contribution is 0.182. The molecule has 2 aliphatic carbocycles. The molecule has 2 unspecified atom stereocenters. The van der Waals surface area contributed by atoms with Crippen molar-refractivity contribution < 1.29 is 0 Å². The summed E-state index contributed by atoms with van der Waals surface area (Å²) < 4.78 is 0. The van der Waals surface area contributed by atoms with Gasteiger partial charge in [-0.15, -0.1) is 0 Å². The first-order valence-corrected chi connectivity index (χ1v) is 8.11. The largest absolute Gasteiger partial charge is 0.325 e. The van der Waals surface area contributed by atoms with Gasteiger partial charge >= 0.3 is 0 Å². The van der Waals surface area contributed by atoms with Gasteiger partial charge in [-0.1, -0.05) is 44.4 Å². The van der Waals surface area contributed by atoms with Crippen molar-refractivity contribution in [3.05, 3.63) is 34.9 Å². The fourth-order valence-electron chi connectivity index (χ4n) is 4.29. The second kappa shape index (κ2) is 5.28. The number of nitrogens with two attached hydrogens (primary N) is 1. The quantitative estimate of drug-likeness (QED) is 0.869. The Hall–Kier alpha value is -0.820. The Labute approximate surface area is 117 Å². The van der Waals surface area contributed by atoms with Gasteiger partial charge in [-0.25, -0.2) is 0 Å². The smallest absolute Gasteiger partial charge is 0.0223 e. The zero-order chi connectivity index (χ0) is 13.3. The highest BCUT2D eigenvalue weighted by Gasteiger charge is 2.36. The molecule has 1 nitrogen and oxygen atoms in total. The maximum atomic E-state index is 6.79. The number of hydrogen-bond donors (Lipinski definition) is 1. The molecule has 0 aliphatic heterocycles. The summed E-state index contributed by atoms with van der Waals surface area (Å²) >= 11 is 0. The third-order valence-electron chi connectivity index (χ3n) is 5.45. The monoisotopic (exact) mass is 257 g/mol. The number of fused-ring (bicyclic) bond motifs is 1. The topological polar surface area (TPSA) is 26.0 Å². The minimum absolute atomic E-state index is 0.0554. The maximum absolute atomic E-state index is 6.79. The van der Waals surface area contributed by atoms with Crippen molar-refractivity contribution >= 4 is 0 Å². The van der Waals surface area contributed by atoms with E-state index in [0.717, 1.165) is 12.3 Å². The molecule has 104 valence electrons. The van der Waals surface area contributed by atoms with Gasteiger partial charge in [0, 0.05) is 5.54 Å². The number of hydrogen-bond acceptors (Lipinski definition) is 1. The highest BCUT2D eigenvalue weighted by atomic mass is 14.8. The molecule has 1 aromatic carbocycles. The highest BCUT2D eigenvalue weighted by molar-refractivity contribution is 5.36. The predicted molar refractivity (Wildman–Crippen MR) is 81.3 cm³/mol. The third kappa shape index (κ3) is 2.58. The molecule has 0 heterocycles. The molecular weight excluding hydrogens is 230 g/mol. The number of rotatable bonds is 3. The first-order valence-electron chi connectivity index (χ1n) is 8.11. The van der Waals surface area contributed by atoms with Gasteiger partial charge in [0.2, 0.25) is 0 Å². The number of benzene rings is 1. The van der Waals surface area contributed by atoms with E-state index in [1.165, 1.54) is 56.9 Å². The van der Waals surface area contributed by atoms with Crippen LogP contribution >= 0.6 is 0 Å². The predicted octanol–water partition coefficient (Wildman–Crippen LogP) is 4.02. The van der Waals surface area contributed by atoms with Gasteiger partial charge in [0.15, 0.2) is 0 Å². The van der Waals surface area contributed by atoms with Crippen LogP contribution in [0.4, 0.5) is 0 Å². The minimum atomic E-state index is 0.0554. The molecule has 0 aromatic heterocycles. The molecule has 0 spiro atoms. The standard InChI is InChI=1S/C18H27N/c1-2-17-8-3-4-11-18(17,19)13-14-9-10-15-6-5-7-16(15)12-14/h9-10,12,17H,2-8,11,13,19H2,1H3. The van der Waals surface area contributed by atoms with Crippen LogP contribution in [-0.2, 0) is 19.3 Å². The Morgan fingerprint density at radius 2 is 2.00 bits per heavy atom. The second-order valence-electron chi connectivity index (χ2n) is 6.72. The molecule has 0 saturated heterocycles. The van der Waals surface area contributed by atoms with E-state index in [1.54, 1.807) is 11.1 Å². The van der Waals surface area contributed by atoms with E-state index >= 15 is 0 Å². The molecule has 1 fully saturated rings. The summed E-state index contributed by atoms with van der Waals surface area (Å²) in [6, 6.07) is 7.13. The van der Waals surface area contributed by atoms with E-state index in [9.17, 15) is 0 Å². The van der Waals surface area contributed by atoms with Crippen molar-refractivity contribution in [1.29, 1.82) is 0 Å². The first kappa shape index (κ1) is 13.2. The van der Waals surface area contributed by atoms with Crippen LogP contribution in [0.5, 0.6) is 0 Å². The number of aryl methyl sites for hydroxylation is 2. The third-order valence-corrected chi connectivity index (χ3v) is 5.45. The summed E-state index contributed by atoms with van der Waals surface area (Å²) in [5.41, 5.74) is 11.5. The van der Waals surface area contributed by atoms with Crippen molar-refractivity contribution in [1.82, 2.24) is 0 Å². The van der Waals surface area contributed by atoms with Crippen molar-refractivity contribution in [2.24, 2.45) is 11.7 Å². The lowest BCUT2D eigenvalue weighted by Crippen LogP contribution is -2.50. The van der Waals surface area contributed by atoms with Crippen LogP contribution in [0.1, 0.15) is 62.1 Å². The van der Waals surface area contributed by atoms with Crippen molar-refractivity contribution in [2.75, 3.05) is 0 Å². The Kier molecular flexibility index (Phi) is 3.66. The molecule has 2 atom stereocenters. The maximum Gasteiger partial charge on any atom is 0.0223 e. The van der Waals surface area contributed by atoms with E-state index < -0.39 is 0 Å². The van der Waals surface area contributed by atoms with Crippen LogP contribution in [0.3, 0.4) is 0 Å². The van der Waals surface area contributed by atoms with E-state index in [-0.39, 0.29) is 5.54 Å². The van der Waals surface area contributed by atoms with Gasteiger partial charge in [0.05, 0.1) is 0 Å². The molecule has 1 aromatic rings. The van der Waals surface area contributed by atoms with Gasteiger partial charge < -0.3 is 5.73 Å². The normalized spacial score (nSPS) is 30.3. The average molecular weight is 257 g/mol. The summed E-state index contributed by atoms with van der Waals surface area (Å²) in [5.74, 6) is 0.717. The molecule has 0 bridgehead atoms. The van der Waals surface area contributed by atoms with Crippen LogP contribution in [0.15, 0.2) is 18.2 Å². The zero-order valence-electron chi connectivity index (χ0n) is 12.3. The minimum Gasteiger partial charge on any atom is -0.325 e. The van der Waals surface area contributed by atoms with Gasteiger partial charge in [-0.05, 0) is 61.1 Å². The van der Waals surface area contributed by atoms with Crippen molar-refractivity contribution in [2.45, 2.75) is 70.3 Å². The summed E-state index contributed by atoms with van der Waals surface area (Å²) in [7, 11) is 0. The SMILES string of the molecule is CCC1CCCCC1(N)Cc1ccc2c(c1)CCC2. The van der Waals surface area contributed by atoms with E-state index in [0.29, 0.717) is 0 Å². The molecule has 19 heavy (non-hydrogen) atoms. The van der Waals surface area contributed by atoms with E-state index in [1.807, 2.05) is 0 Å². The highest BCUT2D eigenvalue weighted by Crippen LogP contribution is 2.37. The lowest BCUT2D eigenvalue weighted by atomic mass is 9.69. The van der Waals surface area contributed by atoms with Gasteiger partial charge in [-0.3, -0.25) is 0 Å². The van der Waals surface area contributed by atoms with Crippen molar-refractivity contribution in [3.8, 4) is 0 Å². The molecule has 0 amide bonds. The molecule has 2 N–H and O–H groups in total. The van der Waals surface area contributed by atoms with Gasteiger partial charge in [0.1, 0.15) is 0 Å². The summed E-state index contributed by atoms with van der Waals surface area (Å²) in [6.07, 6.45) is 11.4. The van der Waals surface area contributed by atoms with E-state index in [2.05, 4.69) is 25.1 Å². The summed E-state index contributed by atoms with van der Waals surface area (Å²) in [4.78, 5) is 0. The second-order valence-corrected chi connectivity index (χ2v) is 6.72. The van der Waals surface area contributed by atoms with Crippen molar-refractivity contribution in [3.63, 3.8) is 0 Å². The molecule has 1 saturated carbocycles. The van der Waals surface area contributed by atoms with E-state index in [4.69, 9.17) is 5.73 Å². The average Bonchev–Trinajstić information content (AvgIpc) is 2.86. The summed E-state index contributed by atoms with van der Waals surface area (Å²) in [6.45, 7) is 2.31. The first-order chi connectivity index (χ1) is 9.21. The fraction of sp³-hybridized carbons (Fsp3) is 0.667. The summed E-state index contributed by atoms with van der Waals surface area (Å²) in [5, 5.41) is 0. The fourth-order valence-corrected chi connectivity index (χ4v) is 4.29. The van der Waals surface area contributed by atoms with Crippen LogP contribution in [0, 0.1) is 5.92 Å². The lowest BCUT2D eigenvalue weighted by Gasteiger charge is -2.41. The molecule has 3 rings (SSSR count). The molecule has 0 radical (unpaired) electrons. The Morgan fingerprint density at radius 3 is 2.84 bits per heavy atom. The molecule has 2 aliphatic rings. The van der Waals surface area contributed by atoms with Crippen LogP contribution in [0.2, 0.25) is 0 Å². The molecular formula is C18H27N. The van der Waals surface area contributed by atoms with Gasteiger partial charge in [0.25, 0.3) is 0 Å². The van der Waals surface area contributed by atoms with Crippen LogP contribution in [-0.4, -0.2) is 5.54 Å². The van der Waals surface area contributed by atoms with Crippen LogP contribution < -0.4 is 5.73 Å². The Morgan fingerprint density at radius 1 is 1.16 bits per heavy atom. The zero-order valence-corrected chi connectivity index (χ0v) is 12.3. The Balaban J connectivity index is 1.79. The van der Waals surface area contributed by atoms with Gasteiger partial charge in [-0.2, -0.15) is 0 Å². The molecule has 1 heteroatoms. The van der Waals surface area contributed by atoms with Crippen LogP contribution in [0.25, 0.3) is 0 Å².